The zero-order chi connectivity index (χ0) is 13.2. The molecule has 18 heavy (non-hydrogen) atoms. The lowest BCUT2D eigenvalue weighted by atomic mass is 9.77. The van der Waals surface area contributed by atoms with Crippen LogP contribution in [-0.2, 0) is 0 Å². The summed E-state index contributed by atoms with van der Waals surface area (Å²) in [6.07, 6.45) is 5.81. The number of carbonyl (C=O) groups is 1. The highest BCUT2D eigenvalue weighted by Crippen LogP contribution is 2.34. The molecule has 100 valence electrons. The van der Waals surface area contributed by atoms with Crippen molar-refractivity contribution in [3.8, 4) is 0 Å². The minimum atomic E-state index is -0.157. The summed E-state index contributed by atoms with van der Waals surface area (Å²) in [6, 6.07) is 1.60. The summed E-state index contributed by atoms with van der Waals surface area (Å²) in [5.74, 6) is 0.485. The molecule has 1 N–H and O–H groups in total. The fourth-order valence-electron chi connectivity index (χ4n) is 2.69. The maximum atomic E-state index is 12.2. The van der Waals surface area contributed by atoms with Crippen LogP contribution in [0, 0.1) is 5.92 Å². The second-order valence-corrected chi connectivity index (χ2v) is 6.08. The quantitative estimate of drug-likeness (QED) is 0.849. The first-order valence-electron chi connectivity index (χ1n) is 6.18. The summed E-state index contributed by atoms with van der Waals surface area (Å²) >= 11 is 9.37. The molecule has 1 fully saturated rings. The van der Waals surface area contributed by atoms with Crippen molar-refractivity contribution in [1.29, 1.82) is 0 Å². The van der Waals surface area contributed by atoms with E-state index in [1.165, 1.54) is 12.7 Å². The van der Waals surface area contributed by atoms with Crippen LogP contribution in [0.4, 0.5) is 0 Å². The highest BCUT2D eigenvalue weighted by molar-refractivity contribution is 9.09. The number of hydrogen-bond acceptors (Lipinski definition) is 2. The SMILES string of the molecule is CC1CCCC(CBr)(NC(=O)c2ccoc2Cl)C1. The van der Waals surface area contributed by atoms with E-state index in [0.717, 1.165) is 24.6 Å². The maximum Gasteiger partial charge on any atom is 0.256 e. The van der Waals surface area contributed by atoms with Gasteiger partial charge in [0.25, 0.3) is 5.91 Å². The van der Waals surface area contributed by atoms with Crippen molar-refractivity contribution in [1.82, 2.24) is 5.32 Å². The third kappa shape index (κ3) is 2.91. The Morgan fingerprint density at radius 3 is 3.06 bits per heavy atom. The average Bonchev–Trinajstić information content (AvgIpc) is 2.75. The van der Waals surface area contributed by atoms with Crippen LogP contribution in [-0.4, -0.2) is 16.8 Å². The number of hydrogen-bond donors (Lipinski definition) is 1. The van der Waals surface area contributed by atoms with Crippen molar-refractivity contribution in [2.45, 2.75) is 38.1 Å². The molecule has 1 amide bonds. The van der Waals surface area contributed by atoms with Crippen LogP contribution < -0.4 is 5.32 Å². The molecule has 1 heterocycles. The molecule has 0 radical (unpaired) electrons. The van der Waals surface area contributed by atoms with Crippen LogP contribution in [0.15, 0.2) is 16.7 Å². The number of alkyl halides is 1. The topological polar surface area (TPSA) is 42.2 Å². The van der Waals surface area contributed by atoms with E-state index in [2.05, 4.69) is 28.2 Å². The predicted molar refractivity (Wildman–Crippen MR) is 75.3 cm³/mol. The van der Waals surface area contributed by atoms with Gasteiger partial charge in [-0.2, -0.15) is 0 Å². The molecule has 0 bridgehead atoms. The molecule has 0 aromatic carbocycles. The van der Waals surface area contributed by atoms with Crippen LogP contribution in [0.1, 0.15) is 43.0 Å². The van der Waals surface area contributed by atoms with Gasteiger partial charge >= 0.3 is 0 Å². The Morgan fingerprint density at radius 2 is 2.50 bits per heavy atom. The van der Waals surface area contributed by atoms with Gasteiger partial charge in [-0.3, -0.25) is 4.79 Å². The molecule has 1 aliphatic carbocycles. The highest BCUT2D eigenvalue weighted by Gasteiger charge is 2.36. The summed E-state index contributed by atoms with van der Waals surface area (Å²) < 4.78 is 4.96. The van der Waals surface area contributed by atoms with Gasteiger partial charge in [0.15, 0.2) is 0 Å². The molecule has 5 heteroatoms. The molecular weight excluding hydrogens is 318 g/mol. The Balaban J connectivity index is 2.11. The van der Waals surface area contributed by atoms with E-state index in [1.54, 1.807) is 6.07 Å². The van der Waals surface area contributed by atoms with Gasteiger partial charge in [0.1, 0.15) is 0 Å². The van der Waals surface area contributed by atoms with Crippen LogP contribution in [0.3, 0.4) is 0 Å². The monoisotopic (exact) mass is 333 g/mol. The van der Waals surface area contributed by atoms with Gasteiger partial charge in [0, 0.05) is 5.33 Å². The lowest BCUT2D eigenvalue weighted by molar-refractivity contribution is 0.0869. The highest BCUT2D eigenvalue weighted by atomic mass is 79.9. The van der Waals surface area contributed by atoms with Crippen molar-refractivity contribution < 1.29 is 9.21 Å². The number of nitrogens with one attached hydrogen (secondary N) is 1. The number of rotatable bonds is 3. The zero-order valence-electron chi connectivity index (χ0n) is 10.3. The number of amides is 1. The van der Waals surface area contributed by atoms with Gasteiger partial charge in [-0.25, -0.2) is 0 Å². The fraction of sp³-hybridized carbons (Fsp3) is 0.615. The first-order chi connectivity index (χ1) is 8.56. The summed E-state index contributed by atoms with van der Waals surface area (Å²) in [6.45, 7) is 2.23. The second kappa shape index (κ2) is 5.66. The molecule has 1 aromatic rings. The first kappa shape index (κ1) is 13.9. The summed E-state index contributed by atoms with van der Waals surface area (Å²) in [5, 5.41) is 4.05. The third-order valence-electron chi connectivity index (χ3n) is 3.59. The minimum Gasteiger partial charge on any atom is -0.452 e. The Hall–Kier alpha value is -0.480. The summed E-state index contributed by atoms with van der Waals surface area (Å²) in [4.78, 5) is 12.2. The molecule has 0 aliphatic heterocycles. The largest absolute Gasteiger partial charge is 0.452 e. The van der Waals surface area contributed by atoms with Crippen molar-refractivity contribution >= 4 is 33.4 Å². The standard InChI is InChI=1S/C13H17BrClNO2/c1-9-3-2-5-13(7-9,8-14)16-12(17)10-4-6-18-11(10)15/h4,6,9H,2-3,5,7-8H2,1H3,(H,16,17). The lowest BCUT2D eigenvalue weighted by Gasteiger charge is -2.39. The Kier molecular flexibility index (Phi) is 4.38. The van der Waals surface area contributed by atoms with E-state index in [0.29, 0.717) is 11.5 Å². The molecule has 3 nitrogen and oxygen atoms in total. The van der Waals surface area contributed by atoms with Crippen molar-refractivity contribution in [3.63, 3.8) is 0 Å². The molecule has 2 atom stereocenters. The van der Waals surface area contributed by atoms with Crippen molar-refractivity contribution in [3.05, 3.63) is 23.1 Å². The van der Waals surface area contributed by atoms with Crippen LogP contribution >= 0.6 is 27.5 Å². The van der Waals surface area contributed by atoms with Crippen LogP contribution in [0.25, 0.3) is 0 Å². The van der Waals surface area contributed by atoms with Gasteiger partial charge in [-0.15, -0.1) is 0 Å². The van der Waals surface area contributed by atoms with Gasteiger partial charge in [-0.05, 0) is 36.4 Å². The number of carbonyl (C=O) groups excluding carboxylic acids is 1. The van der Waals surface area contributed by atoms with E-state index < -0.39 is 0 Å². The second-order valence-electron chi connectivity index (χ2n) is 5.18. The van der Waals surface area contributed by atoms with Gasteiger partial charge in [0.2, 0.25) is 5.22 Å². The zero-order valence-corrected chi connectivity index (χ0v) is 12.7. The predicted octanol–water partition coefficient (Wildman–Crippen LogP) is 4.01. The molecule has 2 unspecified atom stereocenters. The van der Waals surface area contributed by atoms with Crippen molar-refractivity contribution in [2.24, 2.45) is 5.92 Å². The van der Waals surface area contributed by atoms with E-state index in [9.17, 15) is 4.79 Å². The maximum absolute atomic E-state index is 12.2. The van der Waals surface area contributed by atoms with Crippen molar-refractivity contribution in [2.75, 3.05) is 5.33 Å². The Labute approximate surface area is 120 Å². The molecule has 2 rings (SSSR count). The smallest absolute Gasteiger partial charge is 0.256 e. The number of halogens is 2. The van der Waals surface area contributed by atoms with Gasteiger partial charge < -0.3 is 9.73 Å². The summed E-state index contributed by atoms with van der Waals surface area (Å²) in [5.41, 5.74) is 0.255. The third-order valence-corrected chi connectivity index (χ3v) is 4.95. The lowest BCUT2D eigenvalue weighted by Crippen LogP contribution is -2.52. The van der Waals surface area contributed by atoms with Gasteiger partial charge in [0.05, 0.1) is 17.4 Å². The van der Waals surface area contributed by atoms with Crippen LogP contribution in [0.5, 0.6) is 0 Å². The summed E-state index contributed by atoms with van der Waals surface area (Å²) in [7, 11) is 0. The van der Waals surface area contributed by atoms with E-state index in [4.69, 9.17) is 16.0 Å². The molecule has 1 aliphatic rings. The molecule has 1 saturated carbocycles. The van der Waals surface area contributed by atoms with E-state index in [-0.39, 0.29) is 16.7 Å². The Bertz CT molecular complexity index is 434. The molecular formula is C13H17BrClNO2. The van der Waals surface area contributed by atoms with E-state index in [1.807, 2.05) is 0 Å². The van der Waals surface area contributed by atoms with E-state index >= 15 is 0 Å². The van der Waals surface area contributed by atoms with Gasteiger partial charge in [-0.1, -0.05) is 35.7 Å². The fourth-order valence-corrected chi connectivity index (χ4v) is 3.54. The molecule has 0 spiro atoms. The minimum absolute atomic E-state index is 0.151. The first-order valence-corrected chi connectivity index (χ1v) is 7.68. The number of furan rings is 1. The molecule has 1 aromatic heterocycles. The Morgan fingerprint density at radius 1 is 1.72 bits per heavy atom. The normalized spacial score (nSPS) is 28.1. The van der Waals surface area contributed by atoms with Crippen LogP contribution in [0.2, 0.25) is 5.22 Å². The average molecular weight is 335 g/mol. The molecule has 0 saturated heterocycles.